The van der Waals surface area contributed by atoms with Crippen LogP contribution in [0.3, 0.4) is 0 Å². The average Bonchev–Trinajstić information content (AvgIpc) is 3.48. The largest absolute Gasteiger partial charge is 0.463 e. The highest BCUT2D eigenvalue weighted by Gasteiger charge is 2.23. The number of hydrogen-bond donors (Lipinski definition) is 2. The molecule has 2 aromatic rings. The van der Waals surface area contributed by atoms with Crippen LogP contribution < -0.4 is 5.73 Å². The number of nitrogens with one attached hydrogen (secondary N) is 1. The zero-order valence-corrected chi connectivity index (χ0v) is 28.4. The van der Waals surface area contributed by atoms with E-state index >= 15 is 0 Å². The highest BCUT2D eigenvalue weighted by Crippen LogP contribution is 2.15. The van der Waals surface area contributed by atoms with Crippen molar-refractivity contribution in [3.05, 3.63) is 18.3 Å². The number of nitrogens with zero attached hydrogens (tertiary/aromatic N) is 3. The first-order chi connectivity index (χ1) is 21.9. The molecule has 0 spiro atoms. The zero-order chi connectivity index (χ0) is 32.5. The Kier molecular flexibility index (Phi) is 21.1. The van der Waals surface area contributed by atoms with E-state index in [0.717, 1.165) is 25.7 Å². The summed E-state index contributed by atoms with van der Waals surface area (Å²) in [5.41, 5.74) is 7.24. The van der Waals surface area contributed by atoms with Gasteiger partial charge in [-0.05, 0) is 12.3 Å². The SMILES string of the molecule is CCCCCCCCCCCCCCCCCCCC(=O)OCC(COC(=O)[C@@H](N)[C@@H](C)CC)OCc1nc2ncncc2[nH]1. The van der Waals surface area contributed by atoms with Crippen LogP contribution in [-0.4, -0.2) is 57.2 Å². The van der Waals surface area contributed by atoms with Crippen LogP contribution >= 0.6 is 0 Å². The molecule has 45 heavy (non-hydrogen) atoms. The lowest BCUT2D eigenvalue weighted by atomic mass is 10.0. The Bertz CT molecular complexity index is 1020. The van der Waals surface area contributed by atoms with Gasteiger partial charge in [0.25, 0.3) is 0 Å². The maximum absolute atomic E-state index is 12.4. The quantitative estimate of drug-likeness (QED) is 0.0712. The van der Waals surface area contributed by atoms with Crippen molar-refractivity contribution >= 4 is 23.1 Å². The Morgan fingerprint density at radius 2 is 1.38 bits per heavy atom. The molecule has 0 radical (unpaired) electrons. The van der Waals surface area contributed by atoms with Crippen LogP contribution in [0.2, 0.25) is 0 Å². The van der Waals surface area contributed by atoms with Gasteiger partial charge in [-0.25, -0.2) is 15.0 Å². The third kappa shape index (κ3) is 17.6. The van der Waals surface area contributed by atoms with Gasteiger partial charge in [0.2, 0.25) is 0 Å². The number of hydrogen-bond acceptors (Lipinski definition) is 9. The number of rotatable bonds is 28. The van der Waals surface area contributed by atoms with Crippen LogP contribution in [0.4, 0.5) is 0 Å². The molecule has 1 unspecified atom stereocenters. The summed E-state index contributed by atoms with van der Waals surface area (Å²) in [4.78, 5) is 40.4. The van der Waals surface area contributed by atoms with E-state index in [1.807, 2.05) is 13.8 Å². The maximum Gasteiger partial charge on any atom is 0.323 e. The van der Waals surface area contributed by atoms with Crippen LogP contribution in [0, 0.1) is 5.92 Å². The van der Waals surface area contributed by atoms with Crippen LogP contribution in [0.5, 0.6) is 0 Å². The maximum atomic E-state index is 12.4. The second-order valence-corrected chi connectivity index (χ2v) is 12.5. The molecular formula is C35H61N5O5. The van der Waals surface area contributed by atoms with Crippen molar-refractivity contribution in [2.45, 2.75) is 162 Å². The molecule has 0 aliphatic rings. The average molecular weight is 632 g/mol. The van der Waals surface area contributed by atoms with E-state index in [4.69, 9.17) is 19.9 Å². The normalized spacial score (nSPS) is 13.5. The van der Waals surface area contributed by atoms with Gasteiger partial charge in [0.05, 0.1) is 6.20 Å². The molecule has 3 atom stereocenters. The van der Waals surface area contributed by atoms with Gasteiger partial charge >= 0.3 is 11.9 Å². The van der Waals surface area contributed by atoms with Crippen molar-refractivity contribution in [2.24, 2.45) is 11.7 Å². The second kappa shape index (κ2) is 24.6. The summed E-state index contributed by atoms with van der Waals surface area (Å²) >= 11 is 0. The van der Waals surface area contributed by atoms with E-state index in [-0.39, 0.29) is 31.7 Å². The molecule has 0 aliphatic carbocycles. The molecule has 2 heterocycles. The van der Waals surface area contributed by atoms with Crippen molar-refractivity contribution in [3.8, 4) is 0 Å². The number of carbonyl (C=O) groups is 2. The zero-order valence-electron chi connectivity index (χ0n) is 28.4. The number of aromatic amines is 1. The Hall–Kier alpha value is -2.59. The Morgan fingerprint density at radius 1 is 0.822 bits per heavy atom. The Morgan fingerprint density at radius 3 is 1.93 bits per heavy atom. The van der Waals surface area contributed by atoms with E-state index < -0.39 is 18.1 Å². The number of esters is 2. The van der Waals surface area contributed by atoms with Gasteiger partial charge < -0.3 is 24.9 Å². The molecule has 0 aromatic carbocycles. The van der Waals surface area contributed by atoms with Gasteiger partial charge in [-0.3, -0.25) is 9.59 Å². The van der Waals surface area contributed by atoms with E-state index in [9.17, 15) is 9.59 Å². The summed E-state index contributed by atoms with van der Waals surface area (Å²) in [6.45, 7) is 6.16. The smallest absolute Gasteiger partial charge is 0.323 e. The molecule has 2 rings (SSSR count). The van der Waals surface area contributed by atoms with Gasteiger partial charge in [0, 0.05) is 6.42 Å². The highest BCUT2D eigenvalue weighted by molar-refractivity contribution is 5.75. The summed E-state index contributed by atoms with van der Waals surface area (Å²) in [6.07, 6.45) is 25.6. The lowest BCUT2D eigenvalue weighted by molar-refractivity contribution is -0.157. The Labute approximate surface area is 271 Å². The fraction of sp³-hybridized carbons (Fsp3) is 0.800. The molecule has 0 fully saturated rings. The van der Waals surface area contributed by atoms with Crippen molar-refractivity contribution < 1.29 is 23.8 Å². The lowest BCUT2D eigenvalue weighted by Crippen LogP contribution is -2.40. The van der Waals surface area contributed by atoms with Crippen molar-refractivity contribution in [3.63, 3.8) is 0 Å². The van der Waals surface area contributed by atoms with Gasteiger partial charge in [-0.2, -0.15) is 0 Å². The minimum atomic E-state index is -0.716. The van der Waals surface area contributed by atoms with E-state index in [2.05, 4.69) is 26.9 Å². The minimum absolute atomic E-state index is 0.00380. The number of carbonyl (C=O) groups excluding carboxylic acids is 2. The molecule has 3 N–H and O–H groups in total. The molecule has 10 nitrogen and oxygen atoms in total. The van der Waals surface area contributed by atoms with Crippen molar-refractivity contribution in [1.29, 1.82) is 0 Å². The van der Waals surface area contributed by atoms with Crippen LogP contribution in [-0.2, 0) is 30.4 Å². The lowest BCUT2D eigenvalue weighted by Gasteiger charge is -2.21. The number of fused-ring (bicyclic) bond motifs is 1. The van der Waals surface area contributed by atoms with Gasteiger partial charge in [0.1, 0.15) is 49.6 Å². The molecule has 0 saturated heterocycles. The number of H-pyrrole nitrogens is 1. The Balaban J connectivity index is 1.57. The van der Waals surface area contributed by atoms with Crippen LogP contribution in [0.15, 0.2) is 12.5 Å². The number of imidazole rings is 1. The third-order valence-electron chi connectivity index (χ3n) is 8.52. The molecule has 0 aliphatic heterocycles. The topological polar surface area (TPSA) is 142 Å². The van der Waals surface area contributed by atoms with Crippen molar-refractivity contribution in [1.82, 2.24) is 19.9 Å². The minimum Gasteiger partial charge on any atom is -0.463 e. The highest BCUT2D eigenvalue weighted by atomic mass is 16.6. The summed E-state index contributed by atoms with van der Waals surface area (Å²) in [6, 6.07) is -0.716. The summed E-state index contributed by atoms with van der Waals surface area (Å²) in [7, 11) is 0. The van der Waals surface area contributed by atoms with Gasteiger partial charge in [0.15, 0.2) is 5.65 Å². The molecule has 2 aromatic heterocycles. The first kappa shape index (κ1) is 38.6. The van der Waals surface area contributed by atoms with E-state index in [0.29, 0.717) is 23.4 Å². The number of ether oxygens (including phenoxy) is 3. The molecule has 256 valence electrons. The van der Waals surface area contributed by atoms with E-state index in [1.54, 1.807) is 6.20 Å². The molecule has 0 saturated carbocycles. The van der Waals surface area contributed by atoms with Crippen molar-refractivity contribution in [2.75, 3.05) is 13.2 Å². The summed E-state index contributed by atoms with van der Waals surface area (Å²) < 4.78 is 16.9. The fourth-order valence-electron chi connectivity index (χ4n) is 5.23. The first-order valence-electron chi connectivity index (χ1n) is 17.8. The van der Waals surface area contributed by atoms with Gasteiger partial charge in [-0.1, -0.05) is 130 Å². The molecule has 0 amide bonds. The number of aromatic nitrogens is 4. The van der Waals surface area contributed by atoms with E-state index in [1.165, 1.54) is 96.2 Å². The predicted octanol–water partition coefficient (Wildman–Crippen LogP) is 7.74. The number of nitrogens with two attached hydrogens (primary N) is 1. The first-order valence-corrected chi connectivity index (χ1v) is 17.8. The molecule has 0 bridgehead atoms. The monoisotopic (exact) mass is 631 g/mol. The fourth-order valence-corrected chi connectivity index (χ4v) is 5.23. The standard InChI is InChI=1S/C35H61N5O5/c1-4-6-7-8-9-10-11-12-13-14-15-16-17-18-19-20-21-22-32(41)44-24-29(25-45-35(42)33(36)28(3)5-2)43-26-31-39-30-23-37-27-38-34(30)40-31/h23,27-29,33H,4-22,24-26,36H2,1-3H3,(H,37,38,39,40)/t28-,29?,33-/m0/s1. The predicted molar refractivity (Wildman–Crippen MR) is 178 cm³/mol. The molecular weight excluding hydrogens is 570 g/mol. The van der Waals surface area contributed by atoms with Crippen LogP contribution in [0.25, 0.3) is 11.2 Å². The van der Waals surface area contributed by atoms with Gasteiger partial charge in [-0.15, -0.1) is 0 Å². The molecule has 10 heteroatoms. The second-order valence-electron chi connectivity index (χ2n) is 12.5. The summed E-state index contributed by atoms with van der Waals surface area (Å²) in [5, 5.41) is 0. The third-order valence-corrected chi connectivity index (χ3v) is 8.52. The number of unbranched alkanes of at least 4 members (excludes halogenated alkanes) is 16. The van der Waals surface area contributed by atoms with Crippen LogP contribution in [0.1, 0.15) is 149 Å². The summed E-state index contributed by atoms with van der Waals surface area (Å²) in [5.74, 6) is -0.221.